The highest BCUT2D eigenvalue weighted by Gasteiger charge is 2.14. The van der Waals surface area contributed by atoms with Gasteiger partial charge in [0, 0.05) is 17.5 Å². The van der Waals surface area contributed by atoms with Crippen LogP contribution in [0.5, 0.6) is 0 Å². The van der Waals surface area contributed by atoms with Crippen LogP contribution in [0.3, 0.4) is 0 Å². The Hall–Kier alpha value is -2.17. The summed E-state index contributed by atoms with van der Waals surface area (Å²) in [5.74, 6) is -1.96. The average molecular weight is 234 g/mol. The Kier molecular flexibility index (Phi) is 2.91. The molecule has 0 amide bonds. The average Bonchev–Trinajstić information content (AvgIpc) is 2.67. The molecule has 0 bridgehead atoms. The van der Waals surface area contributed by atoms with Crippen molar-refractivity contribution in [1.82, 2.24) is 9.78 Å². The molecule has 0 saturated carbocycles. The van der Waals surface area contributed by atoms with Gasteiger partial charge in [0.25, 0.3) is 0 Å². The van der Waals surface area contributed by atoms with E-state index in [1.54, 1.807) is 23.0 Å². The Morgan fingerprint density at radius 2 is 2.24 bits per heavy atom. The molecule has 1 aromatic heterocycles. The molecule has 0 aliphatic carbocycles. The highest BCUT2D eigenvalue weighted by atomic mass is 19.1. The van der Waals surface area contributed by atoms with E-state index in [1.807, 2.05) is 6.92 Å². The molecule has 5 heteroatoms. The zero-order valence-electron chi connectivity index (χ0n) is 9.22. The van der Waals surface area contributed by atoms with E-state index < -0.39 is 11.8 Å². The summed E-state index contributed by atoms with van der Waals surface area (Å²) in [7, 11) is 0. The second kappa shape index (κ2) is 4.37. The maximum atomic E-state index is 13.8. The molecular formula is C12H11FN2O2. The van der Waals surface area contributed by atoms with Gasteiger partial charge in [-0.25, -0.2) is 9.18 Å². The first-order valence-corrected chi connectivity index (χ1v) is 5.08. The Morgan fingerprint density at radius 1 is 1.47 bits per heavy atom. The van der Waals surface area contributed by atoms with E-state index in [1.165, 1.54) is 12.1 Å². The zero-order valence-corrected chi connectivity index (χ0v) is 9.22. The number of aryl methyl sites for hydroxylation is 1. The minimum Gasteiger partial charge on any atom is -0.478 e. The van der Waals surface area contributed by atoms with Crippen molar-refractivity contribution in [3.8, 4) is 0 Å². The van der Waals surface area contributed by atoms with Gasteiger partial charge in [-0.3, -0.25) is 4.68 Å². The van der Waals surface area contributed by atoms with E-state index in [4.69, 9.17) is 5.11 Å². The molecule has 88 valence electrons. The highest BCUT2D eigenvalue weighted by molar-refractivity contribution is 5.88. The normalized spacial score (nSPS) is 10.5. The number of hydrogen-bond donors (Lipinski definition) is 1. The van der Waals surface area contributed by atoms with Crippen LogP contribution in [-0.4, -0.2) is 20.9 Å². The second-order valence-corrected chi connectivity index (χ2v) is 3.71. The molecule has 1 aromatic carbocycles. The van der Waals surface area contributed by atoms with E-state index in [-0.39, 0.29) is 12.1 Å². The lowest BCUT2D eigenvalue weighted by Crippen LogP contribution is -2.09. The van der Waals surface area contributed by atoms with Gasteiger partial charge in [-0.2, -0.15) is 5.10 Å². The minimum atomic E-state index is -1.26. The van der Waals surface area contributed by atoms with Crippen molar-refractivity contribution in [3.05, 3.63) is 53.1 Å². The topological polar surface area (TPSA) is 55.1 Å². The molecule has 0 spiro atoms. The zero-order chi connectivity index (χ0) is 12.4. The van der Waals surface area contributed by atoms with Crippen molar-refractivity contribution in [2.24, 2.45) is 0 Å². The third-order valence-corrected chi connectivity index (χ3v) is 2.56. The van der Waals surface area contributed by atoms with Crippen LogP contribution >= 0.6 is 0 Å². The predicted molar refractivity (Wildman–Crippen MR) is 59.4 cm³/mol. The van der Waals surface area contributed by atoms with E-state index in [0.717, 1.165) is 5.69 Å². The van der Waals surface area contributed by atoms with Crippen LogP contribution in [0, 0.1) is 12.7 Å². The number of rotatable bonds is 3. The van der Waals surface area contributed by atoms with E-state index in [2.05, 4.69) is 5.10 Å². The SMILES string of the molecule is Cc1ccnn1Cc1cccc(C(=O)O)c1F. The van der Waals surface area contributed by atoms with Gasteiger partial charge >= 0.3 is 5.97 Å². The number of carboxylic acid groups (broad SMARTS) is 1. The van der Waals surface area contributed by atoms with Crippen LogP contribution in [0.15, 0.2) is 30.5 Å². The molecule has 0 fully saturated rings. The molecule has 0 saturated heterocycles. The summed E-state index contributed by atoms with van der Waals surface area (Å²) in [4.78, 5) is 10.8. The van der Waals surface area contributed by atoms with Gasteiger partial charge in [0.05, 0.1) is 12.1 Å². The van der Waals surface area contributed by atoms with Crippen LogP contribution in [-0.2, 0) is 6.54 Å². The quantitative estimate of drug-likeness (QED) is 0.884. The molecule has 0 aliphatic rings. The van der Waals surface area contributed by atoms with Gasteiger partial charge in [-0.1, -0.05) is 12.1 Å². The summed E-state index contributed by atoms with van der Waals surface area (Å²) < 4.78 is 15.4. The number of aromatic carboxylic acids is 1. The van der Waals surface area contributed by atoms with Crippen LogP contribution in [0.25, 0.3) is 0 Å². The molecule has 1 N–H and O–H groups in total. The molecule has 4 nitrogen and oxygen atoms in total. The second-order valence-electron chi connectivity index (χ2n) is 3.71. The molecule has 17 heavy (non-hydrogen) atoms. The lowest BCUT2D eigenvalue weighted by Gasteiger charge is -2.07. The van der Waals surface area contributed by atoms with Crippen molar-refractivity contribution in [2.45, 2.75) is 13.5 Å². The van der Waals surface area contributed by atoms with Crippen molar-refractivity contribution in [2.75, 3.05) is 0 Å². The van der Waals surface area contributed by atoms with Gasteiger partial charge in [0.1, 0.15) is 5.82 Å². The summed E-state index contributed by atoms with van der Waals surface area (Å²) in [5, 5.41) is 12.8. The molecular weight excluding hydrogens is 223 g/mol. The third-order valence-electron chi connectivity index (χ3n) is 2.56. The maximum absolute atomic E-state index is 13.8. The largest absolute Gasteiger partial charge is 0.478 e. The van der Waals surface area contributed by atoms with E-state index in [0.29, 0.717) is 5.56 Å². The molecule has 0 unspecified atom stereocenters. The fourth-order valence-corrected chi connectivity index (χ4v) is 1.59. The summed E-state index contributed by atoms with van der Waals surface area (Å²) >= 11 is 0. The summed E-state index contributed by atoms with van der Waals surface area (Å²) in [6.45, 7) is 2.08. The smallest absolute Gasteiger partial charge is 0.338 e. The first-order valence-electron chi connectivity index (χ1n) is 5.08. The van der Waals surface area contributed by atoms with Crippen molar-refractivity contribution >= 4 is 5.97 Å². The van der Waals surface area contributed by atoms with E-state index >= 15 is 0 Å². The number of benzene rings is 1. The monoisotopic (exact) mass is 234 g/mol. The fraction of sp³-hybridized carbons (Fsp3) is 0.167. The molecule has 2 rings (SSSR count). The standard InChI is InChI=1S/C12H11FN2O2/c1-8-5-6-14-15(8)7-9-3-2-4-10(11(9)13)12(16)17/h2-6H,7H2,1H3,(H,16,17). The number of halogens is 1. The summed E-state index contributed by atoms with van der Waals surface area (Å²) in [6, 6.07) is 6.14. The van der Waals surface area contributed by atoms with Gasteiger partial charge in [-0.15, -0.1) is 0 Å². The Balaban J connectivity index is 2.37. The van der Waals surface area contributed by atoms with Crippen molar-refractivity contribution in [1.29, 1.82) is 0 Å². The van der Waals surface area contributed by atoms with Gasteiger partial charge in [0.2, 0.25) is 0 Å². The fourth-order valence-electron chi connectivity index (χ4n) is 1.59. The van der Waals surface area contributed by atoms with Gasteiger partial charge in [0.15, 0.2) is 0 Å². The van der Waals surface area contributed by atoms with Crippen molar-refractivity contribution in [3.63, 3.8) is 0 Å². The molecule has 1 heterocycles. The Bertz CT molecular complexity index is 563. The maximum Gasteiger partial charge on any atom is 0.338 e. The third kappa shape index (κ3) is 2.18. The molecule has 2 aromatic rings. The molecule has 0 aliphatic heterocycles. The van der Waals surface area contributed by atoms with Crippen molar-refractivity contribution < 1.29 is 14.3 Å². The predicted octanol–water partition coefficient (Wildman–Crippen LogP) is 2.08. The Morgan fingerprint density at radius 3 is 2.82 bits per heavy atom. The lowest BCUT2D eigenvalue weighted by atomic mass is 10.1. The van der Waals surface area contributed by atoms with Gasteiger partial charge < -0.3 is 5.11 Å². The number of aromatic nitrogens is 2. The number of hydrogen-bond acceptors (Lipinski definition) is 2. The first-order chi connectivity index (χ1) is 8.09. The summed E-state index contributed by atoms with van der Waals surface area (Å²) in [6.07, 6.45) is 1.62. The lowest BCUT2D eigenvalue weighted by molar-refractivity contribution is 0.0691. The number of carbonyl (C=O) groups is 1. The molecule has 0 radical (unpaired) electrons. The first kappa shape index (κ1) is 11.3. The van der Waals surface area contributed by atoms with E-state index in [9.17, 15) is 9.18 Å². The minimum absolute atomic E-state index is 0.228. The number of carboxylic acids is 1. The Labute approximate surface area is 97.3 Å². The highest BCUT2D eigenvalue weighted by Crippen LogP contribution is 2.14. The molecule has 0 atom stereocenters. The number of nitrogens with zero attached hydrogens (tertiary/aromatic N) is 2. The van der Waals surface area contributed by atoms with Crippen LogP contribution in [0.2, 0.25) is 0 Å². The van der Waals surface area contributed by atoms with Crippen LogP contribution in [0.4, 0.5) is 4.39 Å². The van der Waals surface area contributed by atoms with Crippen LogP contribution < -0.4 is 0 Å². The van der Waals surface area contributed by atoms with Crippen LogP contribution in [0.1, 0.15) is 21.6 Å². The summed E-state index contributed by atoms with van der Waals surface area (Å²) in [5.41, 5.74) is 0.897. The van der Waals surface area contributed by atoms with Gasteiger partial charge in [-0.05, 0) is 19.1 Å².